The zero-order chi connectivity index (χ0) is 24.9. The van der Waals surface area contributed by atoms with Crippen LogP contribution in [0.25, 0.3) is 0 Å². The number of phenolic OH excluding ortho intramolecular Hbond substituents is 2. The van der Waals surface area contributed by atoms with Gasteiger partial charge in [0.25, 0.3) is 11.8 Å². The van der Waals surface area contributed by atoms with Crippen LogP contribution in [0, 0.1) is 0 Å². The molecule has 1 saturated heterocycles. The van der Waals surface area contributed by atoms with Crippen LogP contribution in [-0.2, 0) is 21.4 Å². The van der Waals surface area contributed by atoms with Crippen molar-refractivity contribution < 1.29 is 33.0 Å². The van der Waals surface area contributed by atoms with E-state index in [-0.39, 0.29) is 35.2 Å². The second-order valence-corrected chi connectivity index (χ2v) is 9.82. The van der Waals surface area contributed by atoms with Crippen molar-refractivity contribution >= 4 is 27.7 Å². The molecule has 1 aliphatic heterocycles. The summed E-state index contributed by atoms with van der Waals surface area (Å²) in [4.78, 5) is 25.1. The van der Waals surface area contributed by atoms with Gasteiger partial charge < -0.3 is 19.8 Å². The normalized spacial score (nSPS) is 14.6. The van der Waals surface area contributed by atoms with E-state index in [1.165, 1.54) is 17.0 Å². The molecule has 0 aromatic heterocycles. The van der Waals surface area contributed by atoms with Crippen molar-refractivity contribution in [3.8, 4) is 17.2 Å². The molecule has 0 bridgehead atoms. The molecule has 2 amide bonds. The van der Waals surface area contributed by atoms with E-state index in [1.54, 1.807) is 38.4 Å². The van der Waals surface area contributed by atoms with Gasteiger partial charge in [-0.05, 0) is 49.1 Å². The van der Waals surface area contributed by atoms with Gasteiger partial charge in [0.2, 0.25) is 0 Å². The third-order valence-corrected chi connectivity index (χ3v) is 6.76. The number of rotatable bonds is 10. The Kier molecular flexibility index (Phi) is 7.87. The van der Waals surface area contributed by atoms with Crippen molar-refractivity contribution in [2.75, 3.05) is 31.6 Å². The monoisotopic (exact) mass is 491 g/mol. The van der Waals surface area contributed by atoms with Crippen LogP contribution < -0.4 is 13.8 Å². The van der Waals surface area contributed by atoms with E-state index in [4.69, 9.17) is 4.74 Å². The van der Waals surface area contributed by atoms with Gasteiger partial charge in [-0.25, -0.2) is 9.03 Å². The average Bonchev–Trinajstić information content (AvgIpc) is 3.05. The lowest BCUT2D eigenvalue weighted by Gasteiger charge is -2.17. The van der Waals surface area contributed by atoms with Crippen LogP contribution >= 0.6 is 0 Å². The maximum absolute atomic E-state index is 12.3. The minimum atomic E-state index is -3.98. The van der Waals surface area contributed by atoms with Crippen molar-refractivity contribution in [3.63, 3.8) is 0 Å². The third kappa shape index (κ3) is 5.90. The highest BCUT2D eigenvalue weighted by atomic mass is 32.2. The molecule has 2 aromatic carbocycles. The van der Waals surface area contributed by atoms with E-state index in [0.29, 0.717) is 18.8 Å². The number of amides is 2. The minimum absolute atomic E-state index is 0.0819. The zero-order valence-corrected chi connectivity index (χ0v) is 20.0. The standard InChI is InChI=1S/C23H29N3O7S/c1-25(2)23(30)22-19(28)9-7-10-20(22)33-13-6-4-3-5-8-16-11-12-18(27)17(14-16)26-15-21(29)24-34(26,31)32/h7,9-12,14,27-28H,3-6,8,13,15H2,1-2H3,(H,24,29). The second kappa shape index (κ2) is 10.6. The molecular weight excluding hydrogens is 462 g/mol. The van der Waals surface area contributed by atoms with Crippen LogP contribution in [0.2, 0.25) is 0 Å². The SMILES string of the molecule is CN(C)C(=O)c1c(O)cccc1OCCCCCCc1ccc(O)c(N2CC(=O)NS2(=O)=O)c1. The van der Waals surface area contributed by atoms with Gasteiger partial charge in [-0.2, -0.15) is 8.42 Å². The van der Waals surface area contributed by atoms with Gasteiger partial charge in [0.15, 0.2) is 0 Å². The Morgan fingerprint density at radius 1 is 1.09 bits per heavy atom. The predicted octanol–water partition coefficient (Wildman–Crippen LogP) is 2.16. The van der Waals surface area contributed by atoms with Crippen LogP contribution in [0.15, 0.2) is 36.4 Å². The lowest BCUT2D eigenvalue weighted by atomic mass is 10.1. The summed E-state index contributed by atoms with van der Waals surface area (Å²) in [6.45, 7) is 0.0365. The molecule has 11 heteroatoms. The van der Waals surface area contributed by atoms with Crippen LogP contribution in [0.1, 0.15) is 41.6 Å². The summed E-state index contributed by atoms with van der Waals surface area (Å²) in [7, 11) is -0.768. The molecular formula is C23H29N3O7S. The molecule has 1 aliphatic rings. The molecule has 0 aliphatic carbocycles. The number of nitrogens with zero attached hydrogens (tertiary/aromatic N) is 2. The van der Waals surface area contributed by atoms with E-state index >= 15 is 0 Å². The molecule has 0 unspecified atom stereocenters. The average molecular weight is 492 g/mol. The summed E-state index contributed by atoms with van der Waals surface area (Å²) in [5.74, 6) is -0.953. The van der Waals surface area contributed by atoms with E-state index in [1.807, 2.05) is 4.72 Å². The number of aromatic hydroxyl groups is 2. The Morgan fingerprint density at radius 3 is 2.50 bits per heavy atom. The Morgan fingerprint density at radius 2 is 1.82 bits per heavy atom. The van der Waals surface area contributed by atoms with E-state index < -0.39 is 16.1 Å². The van der Waals surface area contributed by atoms with Crippen molar-refractivity contribution in [2.24, 2.45) is 0 Å². The first-order valence-corrected chi connectivity index (χ1v) is 12.4. The van der Waals surface area contributed by atoms with Crippen molar-refractivity contribution in [3.05, 3.63) is 47.5 Å². The summed E-state index contributed by atoms with van der Waals surface area (Å²) in [5.41, 5.74) is 1.08. The van der Waals surface area contributed by atoms with Gasteiger partial charge >= 0.3 is 10.2 Å². The lowest BCUT2D eigenvalue weighted by molar-refractivity contribution is -0.117. The number of aryl methyl sites for hydroxylation is 1. The van der Waals surface area contributed by atoms with Gasteiger partial charge in [0, 0.05) is 14.1 Å². The van der Waals surface area contributed by atoms with Crippen molar-refractivity contribution in [1.29, 1.82) is 0 Å². The zero-order valence-electron chi connectivity index (χ0n) is 19.2. The Hall–Kier alpha value is -3.47. The molecule has 184 valence electrons. The van der Waals surface area contributed by atoms with Gasteiger partial charge in [-0.3, -0.25) is 9.59 Å². The second-order valence-electron chi connectivity index (χ2n) is 8.22. The molecule has 0 spiro atoms. The highest BCUT2D eigenvalue weighted by molar-refractivity contribution is 7.92. The first-order valence-electron chi connectivity index (χ1n) is 10.9. The molecule has 1 fully saturated rings. The molecule has 3 rings (SSSR count). The third-order valence-electron chi connectivity index (χ3n) is 5.37. The number of carbonyl (C=O) groups excluding carboxylic acids is 2. The van der Waals surface area contributed by atoms with Crippen LogP contribution in [0.4, 0.5) is 5.69 Å². The van der Waals surface area contributed by atoms with Crippen molar-refractivity contribution in [1.82, 2.24) is 9.62 Å². The fourth-order valence-electron chi connectivity index (χ4n) is 3.63. The van der Waals surface area contributed by atoms with Gasteiger partial charge in [0.1, 0.15) is 29.4 Å². The lowest BCUT2D eigenvalue weighted by Crippen LogP contribution is -2.29. The topological polar surface area (TPSA) is 136 Å². The molecule has 0 saturated carbocycles. The summed E-state index contributed by atoms with van der Waals surface area (Å²) in [6, 6.07) is 9.47. The van der Waals surface area contributed by atoms with E-state index in [9.17, 15) is 28.2 Å². The number of unbranched alkanes of at least 4 members (excludes halogenated alkanes) is 3. The van der Waals surface area contributed by atoms with Crippen molar-refractivity contribution in [2.45, 2.75) is 32.1 Å². The molecule has 2 aromatic rings. The number of nitrogens with one attached hydrogen (secondary N) is 1. The minimum Gasteiger partial charge on any atom is -0.507 e. The number of carbonyl (C=O) groups is 2. The predicted molar refractivity (Wildman–Crippen MR) is 126 cm³/mol. The van der Waals surface area contributed by atoms with Gasteiger partial charge in [-0.1, -0.05) is 25.0 Å². The van der Waals surface area contributed by atoms with Crippen LogP contribution in [0.5, 0.6) is 17.2 Å². The Labute approximate surface area is 198 Å². The van der Waals surface area contributed by atoms with Gasteiger partial charge in [-0.15, -0.1) is 0 Å². The van der Waals surface area contributed by atoms with Crippen LogP contribution in [-0.4, -0.2) is 62.6 Å². The summed E-state index contributed by atoms with van der Waals surface area (Å²) >= 11 is 0. The largest absolute Gasteiger partial charge is 0.507 e. The summed E-state index contributed by atoms with van der Waals surface area (Å²) in [5, 5.41) is 20.1. The smallest absolute Gasteiger partial charge is 0.326 e. The van der Waals surface area contributed by atoms with Gasteiger partial charge in [0.05, 0.1) is 12.3 Å². The molecule has 0 radical (unpaired) electrons. The number of hydrogen-bond donors (Lipinski definition) is 3. The quantitative estimate of drug-likeness (QED) is 0.433. The highest BCUT2D eigenvalue weighted by Crippen LogP contribution is 2.32. The number of ether oxygens (including phenoxy) is 1. The summed E-state index contributed by atoms with van der Waals surface area (Å²) < 4.78 is 32.6. The molecule has 3 N–H and O–H groups in total. The highest BCUT2D eigenvalue weighted by Gasteiger charge is 2.35. The number of benzene rings is 2. The Balaban J connectivity index is 1.47. The number of anilines is 1. The van der Waals surface area contributed by atoms with Crippen LogP contribution in [0.3, 0.4) is 0 Å². The summed E-state index contributed by atoms with van der Waals surface area (Å²) in [6.07, 6.45) is 4.04. The molecule has 1 heterocycles. The fraction of sp³-hybridized carbons (Fsp3) is 0.391. The first kappa shape index (κ1) is 25.2. The van der Waals surface area contributed by atoms with E-state index in [2.05, 4.69) is 0 Å². The molecule has 10 nitrogen and oxygen atoms in total. The maximum atomic E-state index is 12.3. The molecule has 34 heavy (non-hydrogen) atoms. The number of phenols is 2. The maximum Gasteiger partial charge on any atom is 0.326 e. The number of hydrogen-bond acceptors (Lipinski definition) is 7. The fourth-order valence-corrected chi connectivity index (χ4v) is 4.79. The molecule has 0 atom stereocenters. The first-order chi connectivity index (χ1) is 16.1. The Bertz CT molecular complexity index is 1170. The van der Waals surface area contributed by atoms with E-state index in [0.717, 1.165) is 35.6 Å².